The standard InChI is InChI=1S/C20H8Cl12/c21-11-13(23)17(27)9-7(15(11,25)19(17,29)30)5-3-1-2-4-6(5)8-10(9)18(28)14(24)12(22)16(8,26)20(18,31)32/h1-4,7-10H/t7-,8-,9-,10-,15-,16-,17+,18+/m1/s1. The topological polar surface area (TPSA) is 0 Å². The van der Waals surface area contributed by atoms with Gasteiger partial charge in [0.2, 0.25) is 0 Å². The molecule has 0 unspecified atom stereocenters. The summed E-state index contributed by atoms with van der Waals surface area (Å²) in [6.45, 7) is 0. The maximum atomic E-state index is 7.25. The van der Waals surface area contributed by atoms with Crippen LogP contribution >= 0.6 is 139 Å². The number of rotatable bonds is 0. The lowest BCUT2D eigenvalue weighted by molar-refractivity contribution is 0.201. The highest BCUT2D eigenvalue weighted by atomic mass is 35.5. The Hall–Kier alpha value is 2.18. The van der Waals surface area contributed by atoms with Crippen LogP contribution in [0.1, 0.15) is 23.0 Å². The Morgan fingerprint density at radius 3 is 1.06 bits per heavy atom. The van der Waals surface area contributed by atoms with Crippen molar-refractivity contribution in [2.45, 2.75) is 40.0 Å². The Labute approximate surface area is 244 Å². The van der Waals surface area contributed by atoms with E-state index in [9.17, 15) is 0 Å². The summed E-state index contributed by atoms with van der Waals surface area (Å²) in [6.07, 6.45) is 0. The first-order valence-electron chi connectivity index (χ1n) is 9.33. The average molecular weight is 674 g/mol. The fraction of sp³-hybridized carbons (Fsp3) is 0.500. The quantitative estimate of drug-likeness (QED) is 0.241. The van der Waals surface area contributed by atoms with Crippen LogP contribution in [0.5, 0.6) is 0 Å². The number of halogens is 12. The number of fused-ring (bicyclic) bond motifs is 14. The molecule has 12 heteroatoms. The van der Waals surface area contributed by atoms with Crippen molar-refractivity contribution in [3.63, 3.8) is 0 Å². The van der Waals surface area contributed by atoms with E-state index in [4.69, 9.17) is 139 Å². The summed E-state index contributed by atoms with van der Waals surface area (Å²) in [7, 11) is 0. The molecule has 1 aromatic carbocycles. The maximum Gasteiger partial charge on any atom is 0.167 e. The fourth-order valence-electron chi connectivity index (χ4n) is 6.85. The van der Waals surface area contributed by atoms with Crippen LogP contribution in [0.2, 0.25) is 0 Å². The van der Waals surface area contributed by atoms with E-state index in [2.05, 4.69) is 0 Å². The third kappa shape index (κ3) is 2.00. The molecule has 6 rings (SSSR count). The Bertz CT molecular complexity index is 1100. The molecule has 5 aliphatic rings. The molecule has 0 spiro atoms. The van der Waals surface area contributed by atoms with Crippen LogP contribution in [-0.2, 0) is 0 Å². The minimum absolute atomic E-state index is 0.0489. The van der Waals surface area contributed by atoms with Crippen LogP contribution in [0.3, 0.4) is 0 Å². The predicted octanol–water partition coefficient (Wildman–Crippen LogP) is 9.79. The molecule has 4 bridgehead atoms. The van der Waals surface area contributed by atoms with E-state index < -0.39 is 51.8 Å². The number of allylic oxidation sites excluding steroid dienone is 4. The van der Waals surface area contributed by atoms with Crippen molar-refractivity contribution in [1.29, 1.82) is 0 Å². The average Bonchev–Trinajstić information content (AvgIpc) is 3.08. The molecular weight excluding hydrogens is 666 g/mol. The van der Waals surface area contributed by atoms with Gasteiger partial charge in [0.1, 0.15) is 19.5 Å². The monoisotopic (exact) mass is 668 g/mol. The van der Waals surface area contributed by atoms with E-state index in [1.54, 1.807) is 0 Å². The summed E-state index contributed by atoms with van der Waals surface area (Å²) in [6, 6.07) is 7.51. The highest BCUT2D eigenvalue weighted by Crippen LogP contribution is 2.88. The molecule has 172 valence electrons. The van der Waals surface area contributed by atoms with Crippen molar-refractivity contribution in [3.05, 3.63) is 55.5 Å². The second-order valence-electron chi connectivity index (χ2n) is 8.89. The minimum atomic E-state index is -1.80. The molecule has 0 radical (unpaired) electrons. The lowest BCUT2D eigenvalue weighted by atomic mass is 9.57. The molecule has 0 N–H and O–H groups in total. The van der Waals surface area contributed by atoms with E-state index in [1.807, 2.05) is 24.3 Å². The molecule has 2 saturated carbocycles. The van der Waals surface area contributed by atoms with Crippen molar-refractivity contribution < 1.29 is 0 Å². The number of hydrogen-bond donors (Lipinski definition) is 0. The molecule has 0 heterocycles. The van der Waals surface area contributed by atoms with E-state index in [0.29, 0.717) is 0 Å². The van der Waals surface area contributed by atoms with E-state index in [-0.39, 0.29) is 20.1 Å². The van der Waals surface area contributed by atoms with Crippen molar-refractivity contribution in [1.82, 2.24) is 0 Å². The molecule has 0 saturated heterocycles. The normalized spacial score (nSPS) is 51.2. The van der Waals surface area contributed by atoms with Crippen LogP contribution in [0.15, 0.2) is 44.4 Å². The van der Waals surface area contributed by atoms with Gasteiger partial charge in [-0.1, -0.05) is 117 Å². The zero-order chi connectivity index (χ0) is 23.6. The summed E-state index contributed by atoms with van der Waals surface area (Å²) in [5, 5.41) is 0.274. The van der Waals surface area contributed by atoms with Gasteiger partial charge < -0.3 is 0 Å². The Morgan fingerprint density at radius 2 is 0.750 bits per heavy atom. The van der Waals surface area contributed by atoms with Crippen molar-refractivity contribution in [2.24, 2.45) is 11.8 Å². The molecule has 2 fully saturated rings. The van der Waals surface area contributed by atoms with Gasteiger partial charge in [0.05, 0.1) is 20.1 Å². The van der Waals surface area contributed by atoms with Crippen molar-refractivity contribution in [2.75, 3.05) is 0 Å². The lowest BCUT2D eigenvalue weighted by Crippen LogP contribution is -2.53. The number of hydrogen-bond acceptors (Lipinski definition) is 0. The van der Waals surface area contributed by atoms with Crippen molar-refractivity contribution in [3.8, 4) is 0 Å². The predicted molar refractivity (Wildman–Crippen MR) is 140 cm³/mol. The van der Waals surface area contributed by atoms with Gasteiger partial charge in [-0.2, -0.15) is 0 Å². The van der Waals surface area contributed by atoms with Gasteiger partial charge in [0, 0.05) is 23.7 Å². The molecule has 8 atom stereocenters. The zero-order valence-electron chi connectivity index (χ0n) is 15.2. The smallest absolute Gasteiger partial charge is 0.109 e. The van der Waals surface area contributed by atoms with Crippen LogP contribution in [-0.4, -0.2) is 28.2 Å². The van der Waals surface area contributed by atoms with Gasteiger partial charge in [-0.25, -0.2) is 0 Å². The van der Waals surface area contributed by atoms with Gasteiger partial charge in [0.25, 0.3) is 0 Å². The Balaban J connectivity index is 1.78. The third-order valence-electron chi connectivity index (χ3n) is 8.04. The van der Waals surface area contributed by atoms with E-state index in [0.717, 1.165) is 11.1 Å². The summed E-state index contributed by atoms with van der Waals surface area (Å²) >= 11 is 83.3. The molecular formula is C20H8Cl12. The molecule has 0 aliphatic heterocycles. The number of alkyl halides is 8. The maximum absolute atomic E-state index is 7.25. The van der Waals surface area contributed by atoms with Crippen LogP contribution in [0.4, 0.5) is 0 Å². The van der Waals surface area contributed by atoms with E-state index >= 15 is 0 Å². The molecule has 0 amide bonds. The van der Waals surface area contributed by atoms with Crippen molar-refractivity contribution >= 4 is 139 Å². The summed E-state index contributed by atoms with van der Waals surface area (Å²) in [4.78, 5) is -6.33. The summed E-state index contributed by atoms with van der Waals surface area (Å²) in [5.74, 6) is -2.54. The molecule has 0 nitrogen and oxygen atoms in total. The molecule has 5 aliphatic carbocycles. The summed E-state index contributed by atoms with van der Waals surface area (Å²) < 4.78 is -3.60. The molecule has 32 heavy (non-hydrogen) atoms. The first-order valence-corrected chi connectivity index (χ1v) is 13.9. The lowest BCUT2D eigenvalue weighted by Gasteiger charge is -2.52. The second kappa shape index (κ2) is 6.59. The van der Waals surface area contributed by atoms with Crippen LogP contribution < -0.4 is 0 Å². The van der Waals surface area contributed by atoms with Gasteiger partial charge in [-0.05, 0) is 11.1 Å². The Morgan fingerprint density at radius 1 is 0.469 bits per heavy atom. The number of benzene rings is 1. The van der Waals surface area contributed by atoms with Gasteiger partial charge in [0.15, 0.2) is 8.67 Å². The molecule has 0 aromatic heterocycles. The van der Waals surface area contributed by atoms with Gasteiger partial charge in [-0.3, -0.25) is 0 Å². The third-order valence-corrected chi connectivity index (χ3v) is 16.6. The van der Waals surface area contributed by atoms with Crippen LogP contribution in [0.25, 0.3) is 0 Å². The molecule has 1 aromatic rings. The summed E-state index contributed by atoms with van der Waals surface area (Å²) in [5.41, 5.74) is 1.59. The second-order valence-corrected chi connectivity index (χ2v) is 15.4. The SMILES string of the molecule is ClC1=C(Cl)[C@]2(Cl)[C@@H]3c4ccccc4[C@@H]4[C@H]([C@@H]3[C@@]1(Cl)C2(Cl)Cl)[C@]1(Cl)C(Cl)=C(Cl)[C@@]4(Cl)C1(Cl)Cl. The zero-order valence-corrected chi connectivity index (χ0v) is 24.2. The Kier molecular flexibility index (Phi) is 5.05. The first-order chi connectivity index (χ1) is 14.6. The van der Waals surface area contributed by atoms with Gasteiger partial charge >= 0.3 is 0 Å². The van der Waals surface area contributed by atoms with E-state index in [1.165, 1.54) is 0 Å². The minimum Gasteiger partial charge on any atom is -0.109 e. The largest absolute Gasteiger partial charge is 0.167 e. The van der Waals surface area contributed by atoms with Crippen LogP contribution in [0, 0.1) is 11.8 Å². The highest BCUT2D eigenvalue weighted by Gasteiger charge is 2.91. The first kappa shape index (κ1) is 24.5. The van der Waals surface area contributed by atoms with Gasteiger partial charge in [-0.15, -0.1) is 46.4 Å². The highest BCUT2D eigenvalue weighted by molar-refractivity contribution is 6.67. The fourth-order valence-corrected chi connectivity index (χ4v) is 12.9.